The number of piperidine rings is 1. The van der Waals surface area contributed by atoms with Crippen LogP contribution in [0.15, 0.2) is 48.5 Å². The molecule has 1 fully saturated rings. The van der Waals surface area contributed by atoms with Crippen molar-refractivity contribution >= 4 is 23.3 Å². The van der Waals surface area contributed by atoms with Crippen LogP contribution < -0.4 is 15.4 Å². The predicted octanol–water partition coefficient (Wildman–Crippen LogP) is 4.45. The molecule has 1 saturated heterocycles. The molecule has 0 radical (unpaired) electrons. The van der Waals surface area contributed by atoms with Gasteiger partial charge in [-0.3, -0.25) is 0 Å². The van der Waals surface area contributed by atoms with Gasteiger partial charge in [-0.25, -0.2) is 4.79 Å². The van der Waals surface area contributed by atoms with Crippen LogP contribution in [-0.4, -0.2) is 36.7 Å². The van der Waals surface area contributed by atoms with Gasteiger partial charge in [0.2, 0.25) is 0 Å². The van der Waals surface area contributed by atoms with Gasteiger partial charge >= 0.3 is 6.03 Å². The lowest BCUT2D eigenvalue weighted by atomic mass is 9.80. The number of carbonyl (C=O) groups excluding carboxylic acids is 1. The first-order valence-electron chi connectivity index (χ1n) is 9.33. The molecule has 5 nitrogen and oxygen atoms in total. The number of para-hydroxylation sites is 1. The highest BCUT2D eigenvalue weighted by Crippen LogP contribution is 2.44. The van der Waals surface area contributed by atoms with Crippen molar-refractivity contribution in [1.82, 2.24) is 10.2 Å². The molecule has 0 saturated carbocycles. The summed E-state index contributed by atoms with van der Waals surface area (Å²) in [6, 6.07) is 14.8. The lowest BCUT2D eigenvalue weighted by Gasteiger charge is -2.46. The molecule has 2 aliphatic heterocycles. The van der Waals surface area contributed by atoms with E-state index < -0.39 is 0 Å². The number of likely N-dealkylation sites (tertiary alicyclic amines) is 1. The molecular formula is C21H24ClN3O2. The third kappa shape index (κ3) is 4.04. The van der Waals surface area contributed by atoms with Crippen molar-refractivity contribution in [2.75, 3.05) is 25.5 Å². The molecule has 27 heavy (non-hydrogen) atoms. The van der Waals surface area contributed by atoms with Gasteiger partial charge in [0.1, 0.15) is 11.4 Å². The topological polar surface area (TPSA) is 53.6 Å². The van der Waals surface area contributed by atoms with Gasteiger partial charge in [-0.1, -0.05) is 29.8 Å². The average molecular weight is 386 g/mol. The molecular weight excluding hydrogens is 362 g/mol. The van der Waals surface area contributed by atoms with Crippen LogP contribution in [-0.2, 0) is 0 Å². The molecule has 4 rings (SSSR count). The SMILES string of the molecule is CN1CCC2(CC1)CC(NC(=O)Nc1ccc(Cl)cc1)c1ccccc1O2. The number of benzene rings is 2. The zero-order valence-corrected chi connectivity index (χ0v) is 16.1. The second kappa shape index (κ2) is 7.41. The molecule has 1 spiro atoms. The van der Waals surface area contributed by atoms with E-state index in [1.165, 1.54) is 0 Å². The number of nitrogens with one attached hydrogen (secondary N) is 2. The van der Waals surface area contributed by atoms with Gasteiger partial charge in [-0.15, -0.1) is 0 Å². The molecule has 0 aromatic heterocycles. The summed E-state index contributed by atoms with van der Waals surface area (Å²) in [4.78, 5) is 14.9. The Morgan fingerprint density at radius 3 is 2.59 bits per heavy atom. The van der Waals surface area contributed by atoms with E-state index in [2.05, 4.69) is 22.6 Å². The molecule has 2 amide bonds. The highest BCUT2D eigenvalue weighted by Gasteiger charge is 2.43. The Morgan fingerprint density at radius 2 is 1.85 bits per heavy atom. The van der Waals surface area contributed by atoms with E-state index in [0.717, 1.165) is 43.7 Å². The lowest BCUT2D eigenvalue weighted by Crippen LogP contribution is -2.51. The van der Waals surface area contributed by atoms with Gasteiger partial charge in [-0.05, 0) is 50.2 Å². The fraction of sp³-hybridized carbons (Fsp3) is 0.381. The van der Waals surface area contributed by atoms with Crippen molar-refractivity contribution < 1.29 is 9.53 Å². The second-order valence-electron chi connectivity index (χ2n) is 7.49. The van der Waals surface area contributed by atoms with Gasteiger partial charge in [0.25, 0.3) is 0 Å². The quantitative estimate of drug-likeness (QED) is 0.803. The fourth-order valence-corrected chi connectivity index (χ4v) is 4.06. The molecule has 2 aromatic carbocycles. The molecule has 2 N–H and O–H groups in total. The van der Waals surface area contributed by atoms with Gasteiger partial charge in [0.05, 0.1) is 6.04 Å². The van der Waals surface area contributed by atoms with E-state index in [1.54, 1.807) is 24.3 Å². The maximum absolute atomic E-state index is 12.6. The number of anilines is 1. The molecule has 2 heterocycles. The van der Waals surface area contributed by atoms with Crippen LogP contribution in [0.4, 0.5) is 10.5 Å². The largest absolute Gasteiger partial charge is 0.487 e. The van der Waals surface area contributed by atoms with Crippen LogP contribution in [0.5, 0.6) is 5.75 Å². The first-order valence-corrected chi connectivity index (χ1v) is 9.70. The first-order chi connectivity index (χ1) is 13.0. The van der Waals surface area contributed by atoms with Crippen LogP contribution in [0.2, 0.25) is 5.02 Å². The maximum atomic E-state index is 12.6. The Morgan fingerprint density at radius 1 is 1.15 bits per heavy atom. The number of urea groups is 1. The van der Waals surface area contributed by atoms with Crippen molar-refractivity contribution in [2.24, 2.45) is 0 Å². The fourth-order valence-electron chi connectivity index (χ4n) is 3.94. The number of amides is 2. The minimum atomic E-state index is -0.220. The monoisotopic (exact) mass is 385 g/mol. The van der Waals surface area contributed by atoms with Crippen molar-refractivity contribution in [3.05, 3.63) is 59.1 Å². The van der Waals surface area contributed by atoms with Gasteiger partial charge < -0.3 is 20.3 Å². The molecule has 2 aliphatic rings. The Bertz CT molecular complexity index is 816. The predicted molar refractivity (Wildman–Crippen MR) is 107 cm³/mol. The van der Waals surface area contributed by atoms with Crippen molar-refractivity contribution in [1.29, 1.82) is 0 Å². The number of carbonyl (C=O) groups is 1. The van der Waals surface area contributed by atoms with Gasteiger partial charge in [0, 0.05) is 35.8 Å². The molecule has 142 valence electrons. The van der Waals surface area contributed by atoms with Crippen molar-refractivity contribution in [3.63, 3.8) is 0 Å². The van der Waals surface area contributed by atoms with Crippen molar-refractivity contribution in [2.45, 2.75) is 30.9 Å². The summed E-state index contributed by atoms with van der Waals surface area (Å²) in [5.74, 6) is 0.880. The minimum Gasteiger partial charge on any atom is -0.487 e. The van der Waals surface area contributed by atoms with E-state index >= 15 is 0 Å². The Balaban J connectivity index is 1.51. The van der Waals surface area contributed by atoms with Crippen LogP contribution in [0.25, 0.3) is 0 Å². The average Bonchev–Trinajstić information content (AvgIpc) is 2.66. The van der Waals surface area contributed by atoms with E-state index in [1.807, 2.05) is 24.3 Å². The summed E-state index contributed by atoms with van der Waals surface area (Å²) < 4.78 is 6.44. The summed E-state index contributed by atoms with van der Waals surface area (Å²) in [7, 11) is 2.14. The number of hydrogen-bond donors (Lipinski definition) is 2. The number of nitrogens with zero attached hydrogens (tertiary/aromatic N) is 1. The number of halogens is 1. The molecule has 2 aromatic rings. The normalized spacial score (nSPS) is 21.2. The van der Waals surface area contributed by atoms with E-state index in [9.17, 15) is 4.79 Å². The van der Waals surface area contributed by atoms with Crippen LogP contribution in [0, 0.1) is 0 Å². The zero-order valence-electron chi connectivity index (χ0n) is 15.4. The summed E-state index contributed by atoms with van der Waals surface area (Å²) in [6.45, 7) is 2.01. The Hall–Kier alpha value is -2.24. The molecule has 1 unspecified atom stereocenters. The van der Waals surface area contributed by atoms with Gasteiger partial charge in [-0.2, -0.15) is 0 Å². The number of ether oxygens (including phenoxy) is 1. The lowest BCUT2D eigenvalue weighted by molar-refractivity contribution is -0.0188. The minimum absolute atomic E-state index is 0.0781. The molecule has 0 aliphatic carbocycles. The summed E-state index contributed by atoms with van der Waals surface area (Å²) >= 11 is 5.91. The van der Waals surface area contributed by atoms with Crippen LogP contribution in [0.3, 0.4) is 0 Å². The number of fused-ring (bicyclic) bond motifs is 1. The van der Waals surface area contributed by atoms with Crippen molar-refractivity contribution in [3.8, 4) is 5.75 Å². The zero-order chi connectivity index (χ0) is 18.9. The van der Waals surface area contributed by atoms with E-state index in [4.69, 9.17) is 16.3 Å². The summed E-state index contributed by atoms with van der Waals surface area (Å²) in [6.07, 6.45) is 2.72. The maximum Gasteiger partial charge on any atom is 0.319 e. The second-order valence-corrected chi connectivity index (χ2v) is 7.92. The summed E-state index contributed by atoms with van der Waals surface area (Å²) in [5.41, 5.74) is 1.54. The van der Waals surface area contributed by atoms with Crippen LogP contribution >= 0.6 is 11.6 Å². The summed E-state index contributed by atoms with van der Waals surface area (Å²) in [5, 5.41) is 6.67. The highest BCUT2D eigenvalue weighted by molar-refractivity contribution is 6.30. The smallest absolute Gasteiger partial charge is 0.319 e. The Labute approximate surface area is 164 Å². The molecule has 0 bridgehead atoms. The number of rotatable bonds is 2. The molecule has 1 atom stereocenters. The third-order valence-electron chi connectivity index (χ3n) is 5.50. The van der Waals surface area contributed by atoms with E-state index in [0.29, 0.717) is 10.7 Å². The molecule has 6 heteroatoms. The Kier molecular flexibility index (Phi) is 4.98. The number of hydrogen-bond acceptors (Lipinski definition) is 3. The highest BCUT2D eigenvalue weighted by atomic mass is 35.5. The first kappa shape index (κ1) is 18.1. The van der Waals surface area contributed by atoms with Crippen LogP contribution in [0.1, 0.15) is 30.9 Å². The van der Waals surface area contributed by atoms with E-state index in [-0.39, 0.29) is 17.7 Å². The standard InChI is InChI=1S/C21H24ClN3O2/c1-25-12-10-21(11-13-25)14-18(17-4-2-3-5-19(17)27-21)24-20(26)23-16-8-6-15(22)7-9-16/h2-9,18H,10-14H2,1H3,(H2,23,24,26). The van der Waals surface area contributed by atoms with Gasteiger partial charge in [0.15, 0.2) is 0 Å². The third-order valence-corrected chi connectivity index (χ3v) is 5.75.